The lowest BCUT2D eigenvalue weighted by molar-refractivity contribution is 0.729. The molecule has 0 spiro atoms. The summed E-state index contributed by atoms with van der Waals surface area (Å²) in [5.41, 5.74) is 8.54. The molecular weight excluding hydrogens is 262 g/mol. The molecule has 1 heterocycles. The Bertz CT molecular complexity index is 513. The molecule has 0 fully saturated rings. The third kappa shape index (κ3) is 3.35. The van der Waals surface area contributed by atoms with Gasteiger partial charge in [0.25, 0.3) is 0 Å². The summed E-state index contributed by atoms with van der Waals surface area (Å²) in [6.45, 7) is 4.22. The average Bonchev–Trinajstić information content (AvgIpc) is 2.75. The zero-order valence-corrected chi connectivity index (χ0v) is 12.3. The van der Waals surface area contributed by atoms with Crippen LogP contribution in [0.15, 0.2) is 30.3 Å². The molecule has 1 atom stereocenters. The summed E-state index contributed by atoms with van der Waals surface area (Å²) in [5, 5.41) is 0.765. The number of hydrogen-bond acceptors (Lipinski definition) is 2. The van der Waals surface area contributed by atoms with Gasteiger partial charge in [-0.1, -0.05) is 24.6 Å². The van der Waals surface area contributed by atoms with Gasteiger partial charge < -0.3 is 5.73 Å². The highest BCUT2D eigenvalue weighted by Gasteiger charge is 2.10. The molecule has 0 aliphatic carbocycles. The molecule has 1 aromatic carbocycles. The lowest BCUT2D eigenvalue weighted by atomic mass is 10.0. The number of hydrogen-bond donors (Lipinski definition) is 1. The second kappa shape index (κ2) is 5.87. The van der Waals surface area contributed by atoms with Crippen molar-refractivity contribution in [2.24, 2.45) is 5.73 Å². The lowest BCUT2D eigenvalue weighted by Crippen LogP contribution is -2.12. The molecule has 0 aliphatic rings. The first-order valence-electron chi connectivity index (χ1n) is 6.18. The molecule has 3 heteroatoms. The maximum Gasteiger partial charge on any atom is 0.0411 e. The fraction of sp³-hybridized carbons (Fsp3) is 0.333. The fourth-order valence-electron chi connectivity index (χ4n) is 2.04. The molecule has 2 aromatic rings. The van der Waals surface area contributed by atoms with Gasteiger partial charge in [0.15, 0.2) is 0 Å². The molecule has 0 amide bonds. The third-order valence-corrected chi connectivity index (χ3v) is 4.45. The van der Waals surface area contributed by atoms with Crippen LogP contribution in [-0.4, -0.2) is 0 Å². The molecule has 0 radical (unpaired) electrons. The predicted molar refractivity (Wildman–Crippen MR) is 80.5 cm³/mol. The minimum atomic E-state index is 0.0192. The molecule has 0 aliphatic heterocycles. The average molecular weight is 280 g/mol. The van der Waals surface area contributed by atoms with Gasteiger partial charge >= 0.3 is 0 Å². The van der Waals surface area contributed by atoms with Gasteiger partial charge in [0.1, 0.15) is 0 Å². The van der Waals surface area contributed by atoms with E-state index in [2.05, 4.69) is 25.1 Å². The summed E-state index contributed by atoms with van der Waals surface area (Å²) in [4.78, 5) is 2.76. The van der Waals surface area contributed by atoms with Crippen LogP contribution in [0, 0.1) is 6.92 Å². The maximum absolute atomic E-state index is 6.26. The van der Waals surface area contributed by atoms with Crippen LogP contribution >= 0.6 is 22.9 Å². The number of benzene rings is 1. The normalized spacial score (nSPS) is 12.7. The van der Waals surface area contributed by atoms with E-state index in [1.54, 1.807) is 0 Å². The van der Waals surface area contributed by atoms with E-state index < -0.39 is 0 Å². The zero-order chi connectivity index (χ0) is 13.1. The largest absolute Gasteiger partial charge is 0.324 e. The van der Waals surface area contributed by atoms with Crippen molar-refractivity contribution >= 4 is 22.9 Å². The number of aryl methyl sites for hydroxylation is 2. The zero-order valence-electron chi connectivity index (χ0n) is 10.7. The van der Waals surface area contributed by atoms with E-state index in [9.17, 15) is 0 Å². The Labute approximate surface area is 118 Å². The molecule has 2 N–H and O–H groups in total. The highest BCUT2D eigenvalue weighted by Crippen LogP contribution is 2.25. The van der Waals surface area contributed by atoms with E-state index in [1.807, 2.05) is 30.4 Å². The van der Waals surface area contributed by atoms with Crippen LogP contribution in [0.2, 0.25) is 5.02 Å². The van der Waals surface area contributed by atoms with E-state index in [0.29, 0.717) is 0 Å². The Kier molecular flexibility index (Phi) is 4.44. The summed E-state index contributed by atoms with van der Waals surface area (Å²) >= 11 is 7.92. The van der Waals surface area contributed by atoms with Crippen LogP contribution in [0.5, 0.6) is 0 Å². The molecule has 18 heavy (non-hydrogen) atoms. The monoisotopic (exact) mass is 279 g/mol. The van der Waals surface area contributed by atoms with E-state index >= 15 is 0 Å². The Morgan fingerprint density at radius 3 is 2.56 bits per heavy atom. The third-order valence-electron chi connectivity index (χ3n) is 2.98. The molecule has 0 saturated carbocycles. The summed E-state index contributed by atoms with van der Waals surface area (Å²) in [5.74, 6) is 0. The van der Waals surface area contributed by atoms with Crippen LogP contribution in [0.25, 0.3) is 0 Å². The topological polar surface area (TPSA) is 26.0 Å². The fourth-order valence-corrected chi connectivity index (χ4v) is 3.35. The van der Waals surface area contributed by atoms with E-state index in [4.69, 9.17) is 17.3 Å². The second-order valence-corrected chi connectivity index (χ2v) is 6.28. The summed E-state index contributed by atoms with van der Waals surface area (Å²) < 4.78 is 0. The van der Waals surface area contributed by atoms with Crippen LogP contribution in [0.1, 0.15) is 33.8 Å². The molecule has 1 unspecified atom stereocenters. The van der Waals surface area contributed by atoms with Gasteiger partial charge in [0.05, 0.1) is 0 Å². The van der Waals surface area contributed by atoms with E-state index in [-0.39, 0.29) is 6.04 Å². The quantitative estimate of drug-likeness (QED) is 0.875. The van der Waals surface area contributed by atoms with E-state index in [1.165, 1.54) is 9.75 Å². The standard InChI is InChI=1S/C15H18ClNS/c1-3-13-4-5-14(18-13)9-15(17)11-6-10(2)7-12(16)8-11/h4-8,15H,3,9,17H2,1-2H3. The van der Waals surface area contributed by atoms with Crippen LogP contribution in [0.4, 0.5) is 0 Å². The maximum atomic E-state index is 6.26. The van der Waals surface area contributed by atoms with Crippen LogP contribution in [-0.2, 0) is 12.8 Å². The van der Waals surface area contributed by atoms with Gasteiger partial charge in [-0.05, 0) is 48.7 Å². The van der Waals surface area contributed by atoms with Gasteiger partial charge in [-0.25, -0.2) is 0 Å². The smallest absolute Gasteiger partial charge is 0.0411 e. The van der Waals surface area contributed by atoms with Crippen molar-refractivity contribution in [1.82, 2.24) is 0 Å². The Morgan fingerprint density at radius 2 is 1.94 bits per heavy atom. The van der Waals surface area contributed by atoms with Crippen LogP contribution in [0.3, 0.4) is 0 Å². The van der Waals surface area contributed by atoms with Crippen molar-refractivity contribution in [2.75, 3.05) is 0 Å². The first-order valence-corrected chi connectivity index (χ1v) is 7.38. The van der Waals surface area contributed by atoms with Crippen molar-refractivity contribution in [3.8, 4) is 0 Å². The highest BCUT2D eigenvalue weighted by molar-refractivity contribution is 7.11. The highest BCUT2D eigenvalue weighted by atomic mass is 35.5. The van der Waals surface area contributed by atoms with Gasteiger partial charge in [0, 0.05) is 27.2 Å². The minimum absolute atomic E-state index is 0.0192. The van der Waals surface area contributed by atoms with Crippen molar-refractivity contribution in [1.29, 1.82) is 0 Å². The predicted octanol–water partition coefficient (Wildman–Crippen LogP) is 4.51. The molecule has 0 saturated heterocycles. The number of halogens is 1. The molecule has 96 valence electrons. The Hall–Kier alpha value is -0.830. The van der Waals surface area contributed by atoms with Gasteiger partial charge in [-0.15, -0.1) is 11.3 Å². The second-order valence-electron chi connectivity index (χ2n) is 4.59. The van der Waals surface area contributed by atoms with Crippen molar-refractivity contribution in [3.63, 3.8) is 0 Å². The van der Waals surface area contributed by atoms with Crippen LogP contribution < -0.4 is 5.73 Å². The van der Waals surface area contributed by atoms with E-state index in [0.717, 1.165) is 29.0 Å². The number of thiophene rings is 1. The van der Waals surface area contributed by atoms with Gasteiger partial charge in [0.2, 0.25) is 0 Å². The van der Waals surface area contributed by atoms with Crippen molar-refractivity contribution in [2.45, 2.75) is 32.7 Å². The molecule has 2 rings (SSSR count). The van der Waals surface area contributed by atoms with Crippen molar-refractivity contribution in [3.05, 3.63) is 56.2 Å². The summed E-state index contributed by atoms with van der Waals surface area (Å²) in [6, 6.07) is 10.4. The molecule has 1 aromatic heterocycles. The minimum Gasteiger partial charge on any atom is -0.324 e. The van der Waals surface area contributed by atoms with Gasteiger partial charge in [-0.2, -0.15) is 0 Å². The first kappa shape index (κ1) is 13.6. The van der Waals surface area contributed by atoms with Crippen molar-refractivity contribution < 1.29 is 0 Å². The number of rotatable bonds is 4. The van der Waals surface area contributed by atoms with Gasteiger partial charge in [-0.3, -0.25) is 0 Å². The Morgan fingerprint density at radius 1 is 1.22 bits per heavy atom. The first-order chi connectivity index (χ1) is 8.58. The summed E-state index contributed by atoms with van der Waals surface area (Å²) in [6.07, 6.45) is 1.97. The lowest BCUT2D eigenvalue weighted by Gasteiger charge is -2.12. The summed E-state index contributed by atoms with van der Waals surface area (Å²) in [7, 11) is 0. The molecule has 0 bridgehead atoms. The number of nitrogens with two attached hydrogens (primary N) is 1. The molecule has 1 nitrogen and oxygen atoms in total. The molecular formula is C15H18ClNS. The SMILES string of the molecule is CCc1ccc(CC(N)c2cc(C)cc(Cl)c2)s1. The Balaban J connectivity index is 2.13.